The van der Waals surface area contributed by atoms with Crippen LogP contribution in [0.5, 0.6) is 0 Å². The number of hydrogen-bond donors (Lipinski definition) is 0. The summed E-state index contributed by atoms with van der Waals surface area (Å²) in [7, 11) is 0. The first kappa shape index (κ1) is 25.6. The molecule has 5 rings (SSSR count). The molecule has 0 amide bonds. The zero-order valence-corrected chi connectivity index (χ0v) is 23.8. The Morgan fingerprint density at radius 1 is 0.829 bits per heavy atom. The number of rotatable bonds is 3. The van der Waals surface area contributed by atoms with Gasteiger partial charge in [-0.25, -0.2) is 4.79 Å². The highest BCUT2D eigenvalue weighted by Gasteiger charge is 2.70. The summed E-state index contributed by atoms with van der Waals surface area (Å²) >= 11 is 0. The second-order valence-corrected chi connectivity index (χ2v) is 15.3. The molecule has 5 aliphatic rings. The van der Waals surface area contributed by atoms with Gasteiger partial charge in [0.05, 0.1) is 0 Å². The molecule has 5 fully saturated rings. The molecule has 5 saturated carbocycles. The van der Waals surface area contributed by atoms with Crippen LogP contribution < -0.4 is 0 Å². The third-order valence-corrected chi connectivity index (χ3v) is 13.8. The van der Waals surface area contributed by atoms with Gasteiger partial charge in [-0.3, -0.25) is 0 Å². The summed E-state index contributed by atoms with van der Waals surface area (Å²) in [5, 5.41) is 0. The lowest BCUT2D eigenvalue weighted by molar-refractivity contribution is -0.248. The predicted molar refractivity (Wildman–Crippen MR) is 145 cm³/mol. The van der Waals surface area contributed by atoms with Gasteiger partial charge in [0.1, 0.15) is 6.10 Å². The van der Waals surface area contributed by atoms with E-state index in [9.17, 15) is 4.79 Å². The summed E-state index contributed by atoms with van der Waals surface area (Å²) in [5.41, 5.74) is 3.11. The van der Waals surface area contributed by atoms with Crippen LogP contribution in [0, 0.1) is 56.7 Å². The van der Waals surface area contributed by atoms with Gasteiger partial charge < -0.3 is 4.74 Å². The minimum Gasteiger partial charge on any atom is -0.459 e. The molecule has 0 aromatic rings. The van der Waals surface area contributed by atoms with Crippen molar-refractivity contribution in [2.45, 2.75) is 119 Å². The van der Waals surface area contributed by atoms with Crippen LogP contribution in [0.4, 0.5) is 0 Å². The molecule has 0 bridgehead atoms. The van der Waals surface area contributed by atoms with E-state index in [-0.39, 0.29) is 17.5 Å². The van der Waals surface area contributed by atoms with Gasteiger partial charge in [-0.2, -0.15) is 0 Å². The molecule has 0 aromatic heterocycles. The van der Waals surface area contributed by atoms with Crippen molar-refractivity contribution in [3.63, 3.8) is 0 Å². The summed E-state index contributed by atoms with van der Waals surface area (Å²) in [6.07, 6.45) is 14.5. The van der Waals surface area contributed by atoms with Crippen LogP contribution in [0.1, 0.15) is 113 Å². The average molecular weight is 481 g/mol. The first-order chi connectivity index (χ1) is 16.2. The molecule has 0 radical (unpaired) electrons. The molecule has 10 atom stereocenters. The molecule has 10 unspecified atom stereocenters. The number of esters is 1. The Labute approximate surface area is 215 Å². The normalized spacial score (nSPS) is 52.3. The highest BCUT2D eigenvalue weighted by atomic mass is 16.5. The summed E-state index contributed by atoms with van der Waals surface area (Å²) in [5.74, 6) is 3.50. The topological polar surface area (TPSA) is 26.3 Å². The van der Waals surface area contributed by atoms with E-state index in [1.807, 2.05) is 0 Å². The monoisotopic (exact) mass is 480 g/mol. The maximum atomic E-state index is 12.1. The molecule has 0 heterocycles. The van der Waals surface area contributed by atoms with Crippen molar-refractivity contribution in [3.8, 4) is 0 Å². The third-order valence-electron chi connectivity index (χ3n) is 13.8. The highest BCUT2D eigenvalue weighted by Crippen LogP contribution is 2.77. The van der Waals surface area contributed by atoms with Gasteiger partial charge in [0.2, 0.25) is 0 Å². The van der Waals surface area contributed by atoms with Crippen LogP contribution in [-0.2, 0) is 9.53 Å². The maximum absolute atomic E-state index is 12.1. The van der Waals surface area contributed by atoms with Crippen molar-refractivity contribution in [1.29, 1.82) is 0 Å². The lowest BCUT2D eigenvalue weighted by Gasteiger charge is -2.73. The fourth-order valence-corrected chi connectivity index (χ4v) is 11.9. The predicted octanol–water partition coefficient (Wildman–Crippen LogP) is 8.76. The SMILES string of the molecule is C=CC(=O)OC1CCC2(C)C(CCC3(C)C2CCC2C4C(C(=C)C)CCC4(C)CCC23C)C1(C)C. The molecular weight excluding hydrogens is 428 g/mol. The third kappa shape index (κ3) is 3.29. The molecule has 35 heavy (non-hydrogen) atoms. The second kappa shape index (κ2) is 7.97. The number of carbonyl (C=O) groups is 1. The maximum Gasteiger partial charge on any atom is 0.330 e. The standard InChI is InChI=1S/C33H52O2/c1-10-27(34)35-26-15-17-31(7)24(29(26,4)5)14-18-33(9)25(31)12-11-23-28-22(21(2)3)13-16-30(28,6)19-20-32(23,33)8/h10,22-26,28H,1-2,11-20H2,3-9H3. The summed E-state index contributed by atoms with van der Waals surface area (Å²) in [4.78, 5) is 12.1. The van der Waals surface area contributed by atoms with Crippen molar-refractivity contribution in [1.82, 2.24) is 0 Å². The largest absolute Gasteiger partial charge is 0.459 e. The van der Waals surface area contributed by atoms with Crippen LogP contribution >= 0.6 is 0 Å². The number of hydrogen-bond acceptors (Lipinski definition) is 2. The molecule has 0 N–H and O–H groups in total. The van der Waals surface area contributed by atoms with E-state index in [0.29, 0.717) is 27.6 Å². The van der Waals surface area contributed by atoms with Gasteiger partial charge in [0.25, 0.3) is 0 Å². The Morgan fingerprint density at radius 3 is 2.20 bits per heavy atom. The van der Waals surface area contributed by atoms with Gasteiger partial charge in [-0.1, -0.05) is 60.3 Å². The lowest BCUT2D eigenvalue weighted by atomic mass is 9.32. The number of ether oxygens (including phenoxy) is 1. The van der Waals surface area contributed by atoms with Crippen molar-refractivity contribution in [2.24, 2.45) is 56.7 Å². The molecule has 0 aromatic carbocycles. The lowest BCUT2D eigenvalue weighted by Crippen LogP contribution is -2.66. The first-order valence-corrected chi connectivity index (χ1v) is 14.7. The minimum atomic E-state index is -0.255. The number of allylic oxidation sites excluding steroid dienone is 1. The second-order valence-electron chi connectivity index (χ2n) is 15.3. The molecule has 2 nitrogen and oxygen atoms in total. The van der Waals surface area contributed by atoms with E-state index in [0.717, 1.165) is 30.1 Å². The Balaban J connectivity index is 1.48. The molecule has 196 valence electrons. The zero-order valence-electron chi connectivity index (χ0n) is 23.8. The zero-order chi connectivity index (χ0) is 25.6. The van der Waals surface area contributed by atoms with Crippen molar-refractivity contribution in [2.75, 3.05) is 0 Å². The van der Waals surface area contributed by atoms with Crippen molar-refractivity contribution < 1.29 is 9.53 Å². The summed E-state index contributed by atoms with van der Waals surface area (Å²) < 4.78 is 5.94. The van der Waals surface area contributed by atoms with E-state index in [1.54, 1.807) is 0 Å². The van der Waals surface area contributed by atoms with E-state index < -0.39 is 0 Å². The van der Waals surface area contributed by atoms with E-state index in [1.165, 1.54) is 69.4 Å². The minimum absolute atomic E-state index is 0.00634. The Kier molecular flexibility index (Phi) is 5.83. The highest BCUT2D eigenvalue weighted by molar-refractivity contribution is 5.81. The molecule has 5 aliphatic carbocycles. The molecule has 0 saturated heterocycles. The van der Waals surface area contributed by atoms with Crippen LogP contribution in [0.25, 0.3) is 0 Å². The van der Waals surface area contributed by atoms with Crippen LogP contribution in [0.2, 0.25) is 0 Å². The number of fused-ring (bicyclic) bond motifs is 7. The smallest absolute Gasteiger partial charge is 0.330 e. The van der Waals surface area contributed by atoms with Crippen molar-refractivity contribution in [3.05, 3.63) is 24.8 Å². The van der Waals surface area contributed by atoms with Gasteiger partial charge >= 0.3 is 5.97 Å². The van der Waals surface area contributed by atoms with E-state index in [2.05, 4.69) is 61.6 Å². The van der Waals surface area contributed by atoms with Gasteiger partial charge in [-0.15, -0.1) is 0 Å². The molecular formula is C33H52O2. The van der Waals surface area contributed by atoms with Gasteiger partial charge in [0.15, 0.2) is 0 Å². The fraction of sp³-hybridized carbons (Fsp3) is 0.848. The first-order valence-electron chi connectivity index (χ1n) is 14.7. The molecule has 2 heteroatoms. The Bertz CT molecular complexity index is 916. The molecule has 0 spiro atoms. The van der Waals surface area contributed by atoms with Crippen LogP contribution in [-0.4, -0.2) is 12.1 Å². The van der Waals surface area contributed by atoms with Gasteiger partial charge in [0, 0.05) is 11.5 Å². The van der Waals surface area contributed by atoms with Crippen molar-refractivity contribution >= 4 is 5.97 Å². The van der Waals surface area contributed by atoms with E-state index in [4.69, 9.17) is 4.74 Å². The summed E-state index contributed by atoms with van der Waals surface area (Å²) in [6.45, 7) is 25.9. The quantitative estimate of drug-likeness (QED) is 0.229. The van der Waals surface area contributed by atoms with E-state index >= 15 is 0 Å². The Hall–Kier alpha value is -1.05. The molecule has 0 aliphatic heterocycles. The van der Waals surface area contributed by atoms with Crippen LogP contribution in [0.3, 0.4) is 0 Å². The summed E-state index contributed by atoms with van der Waals surface area (Å²) in [6, 6.07) is 0. The number of carbonyl (C=O) groups excluding carboxylic acids is 1. The Morgan fingerprint density at radius 2 is 1.54 bits per heavy atom. The average Bonchev–Trinajstić information content (AvgIpc) is 3.14. The fourth-order valence-electron chi connectivity index (χ4n) is 11.9. The van der Waals surface area contributed by atoms with Gasteiger partial charge in [-0.05, 0) is 122 Å². The van der Waals surface area contributed by atoms with Crippen LogP contribution in [0.15, 0.2) is 24.8 Å².